The van der Waals surface area contributed by atoms with Crippen LogP contribution in [0.4, 0.5) is 0 Å². The molecule has 0 bridgehead atoms. The van der Waals surface area contributed by atoms with E-state index in [1.165, 1.54) is 0 Å². The summed E-state index contributed by atoms with van der Waals surface area (Å²) in [5.41, 5.74) is 0. The Bertz CT molecular complexity index is 25.1. The Morgan fingerprint density at radius 3 is 2.00 bits per heavy atom. The fourth-order valence-electron chi connectivity index (χ4n) is 0.408. The summed E-state index contributed by atoms with van der Waals surface area (Å²) in [6, 6.07) is 0. The van der Waals surface area contributed by atoms with Gasteiger partial charge in [-0.3, -0.25) is 0 Å². The molecule has 2 radical (unpaired) electrons. The van der Waals surface area contributed by atoms with E-state index in [4.69, 9.17) is 0 Å². The zero-order valence-corrected chi connectivity index (χ0v) is 7.64. The van der Waals surface area contributed by atoms with Crippen LogP contribution in [-0.2, 0) is 0 Å². The van der Waals surface area contributed by atoms with Crippen LogP contribution in [-0.4, -0.2) is 21.1 Å². The summed E-state index contributed by atoms with van der Waals surface area (Å²) in [4.78, 5) is 2.39. The van der Waals surface area contributed by atoms with Gasteiger partial charge in [-0.1, -0.05) is 0 Å². The summed E-state index contributed by atoms with van der Waals surface area (Å²) in [5.74, 6) is 0.974. The summed E-state index contributed by atoms with van der Waals surface area (Å²) in [6.07, 6.45) is 0. The van der Waals surface area contributed by atoms with Gasteiger partial charge in [0, 0.05) is 0 Å². The monoisotopic (exact) mass is 192 g/mol. The predicted octanol–water partition coefficient (Wildman–Crippen LogP) is 1.81. The minimum absolute atomic E-state index is 0.150. The molecule has 0 unspecified atom stereocenters. The molecule has 0 N–H and O–H groups in total. The number of rotatable bonds is 2. The third kappa shape index (κ3) is 4.80. The SMILES string of the molecule is [CH3][Sn][CH2]C(C)C. The van der Waals surface area contributed by atoms with E-state index in [-0.39, 0.29) is 21.1 Å². The molecule has 36 valence electrons. The second-order valence-electron chi connectivity index (χ2n) is 1.95. The van der Waals surface area contributed by atoms with Gasteiger partial charge in [-0.2, -0.15) is 0 Å². The second kappa shape index (κ2) is 3.97. The average molecular weight is 191 g/mol. The van der Waals surface area contributed by atoms with Crippen LogP contribution >= 0.6 is 0 Å². The second-order valence-corrected chi connectivity index (χ2v) is 5.13. The van der Waals surface area contributed by atoms with Crippen molar-refractivity contribution in [2.24, 2.45) is 5.92 Å². The van der Waals surface area contributed by atoms with Gasteiger partial charge in [0.15, 0.2) is 0 Å². The maximum atomic E-state index is 2.39. The van der Waals surface area contributed by atoms with Crippen molar-refractivity contribution in [2.75, 3.05) is 0 Å². The van der Waals surface area contributed by atoms with E-state index in [0.717, 1.165) is 5.92 Å². The quantitative estimate of drug-likeness (QED) is 0.583. The van der Waals surface area contributed by atoms with Crippen molar-refractivity contribution in [3.05, 3.63) is 0 Å². The van der Waals surface area contributed by atoms with Crippen LogP contribution in [0.5, 0.6) is 0 Å². The molecule has 0 aliphatic carbocycles. The molecule has 0 amide bonds. The molecule has 0 rings (SSSR count). The fraction of sp³-hybridized carbons (Fsp3) is 1.00. The Balaban J connectivity index is 2.63. The molecule has 0 saturated heterocycles. The van der Waals surface area contributed by atoms with Crippen molar-refractivity contribution >= 4 is 21.1 Å². The molecular formula is C5H12Sn. The van der Waals surface area contributed by atoms with Crippen molar-refractivity contribution in [2.45, 2.75) is 23.2 Å². The van der Waals surface area contributed by atoms with E-state index in [1.807, 2.05) is 0 Å². The van der Waals surface area contributed by atoms with E-state index in [9.17, 15) is 0 Å². The van der Waals surface area contributed by atoms with Crippen LogP contribution in [0.15, 0.2) is 0 Å². The van der Waals surface area contributed by atoms with E-state index < -0.39 is 0 Å². The first kappa shape index (κ1) is 6.80. The summed E-state index contributed by atoms with van der Waals surface area (Å²) in [6.45, 7) is 4.59. The summed E-state index contributed by atoms with van der Waals surface area (Å²) >= 11 is 0.150. The average Bonchev–Trinajstić information content (AvgIpc) is 1.35. The Hall–Kier alpha value is 0.799. The van der Waals surface area contributed by atoms with Crippen LogP contribution in [0.1, 0.15) is 13.8 Å². The molecule has 0 nitrogen and oxygen atoms in total. The van der Waals surface area contributed by atoms with Gasteiger partial charge < -0.3 is 0 Å². The topological polar surface area (TPSA) is 0 Å². The molecule has 0 aliphatic rings. The van der Waals surface area contributed by atoms with E-state index in [1.54, 1.807) is 4.44 Å². The van der Waals surface area contributed by atoms with Gasteiger partial charge in [-0.05, 0) is 0 Å². The Morgan fingerprint density at radius 1 is 1.50 bits per heavy atom. The number of hydrogen-bond donors (Lipinski definition) is 0. The molecule has 0 aromatic heterocycles. The Labute approximate surface area is 50.5 Å². The van der Waals surface area contributed by atoms with Crippen molar-refractivity contribution in [3.63, 3.8) is 0 Å². The molecule has 0 atom stereocenters. The van der Waals surface area contributed by atoms with Crippen molar-refractivity contribution < 1.29 is 0 Å². The third-order valence-corrected chi connectivity index (χ3v) is 4.11. The first-order valence-corrected chi connectivity index (χ1v) is 7.29. The first-order chi connectivity index (χ1) is 2.77. The van der Waals surface area contributed by atoms with Crippen molar-refractivity contribution in [3.8, 4) is 0 Å². The molecule has 0 aromatic carbocycles. The molecule has 1 heteroatoms. The van der Waals surface area contributed by atoms with Crippen LogP contribution in [0.25, 0.3) is 0 Å². The first-order valence-electron chi connectivity index (χ1n) is 2.42. The van der Waals surface area contributed by atoms with E-state index in [0.29, 0.717) is 0 Å². The molecule has 0 fully saturated rings. The number of hydrogen-bond acceptors (Lipinski definition) is 0. The van der Waals surface area contributed by atoms with Crippen LogP contribution < -0.4 is 0 Å². The van der Waals surface area contributed by atoms with Crippen LogP contribution in [0, 0.1) is 5.92 Å². The molecule has 0 saturated carbocycles. The van der Waals surface area contributed by atoms with Crippen molar-refractivity contribution in [1.82, 2.24) is 0 Å². The van der Waals surface area contributed by atoms with Gasteiger partial charge >= 0.3 is 50.3 Å². The Morgan fingerprint density at radius 2 is 2.00 bits per heavy atom. The zero-order chi connectivity index (χ0) is 4.99. The molecule has 0 spiro atoms. The normalized spacial score (nSPS) is 10.0. The standard InChI is InChI=1S/C4H9.CH3.Sn/c1-4(2)3;;/h4H,1H2,2-3H3;1H3;. The van der Waals surface area contributed by atoms with Crippen molar-refractivity contribution in [1.29, 1.82) is 0 Å². The minimum atomic E-state index is 0.150. The van der Waals surface area contributed by atoms with Gasteiger partial charge in [0.05, 0.1) is 0 Å². The molecule has 6 heavy (non-hydrogen) atoms. The van der Waals surface area contributed by atoms with E-state index >= 15 is 0 Å². The molecule has 0 heterocycles. The molecular weight excluding hydrogens is 179 g/mol. The van der Waals surface area contributed by atoms with Gasteiger partial charge in [0.25, 0.3) is 0 Å². The Kier molecular flexibility index (Phi) is 4.50. The summed E-state index contributed by atoms with van der Waals surface area (Å²) in [5, 5.41) is 0. The summed E-state index contributed by atoms with van der Waals surface area (Å²) in [7, 11) is 0. The molecule has 0 aliphatic heterocycles. The van der Waals surface area contributed by atoms with E-state index in [2.05, 4.69) is 18.8 Å². The van der Waals surface area contributed by atoms with Gasteiger partial charge in [0.2, 0.25) is 0 Å². The van der Waals surface area contributed by atoms with Crippen LogP contribution in [0.3, 0.4) is 0 Å². The zero-order valence-electron chi connectivity index (χ0n) is 4.78. The fourth-order valence-corrected chi connectivity index (χ4v) is 2.74. The molecule has 0 aromatic rings. The van der Waals surface area contributed by atoms with Gasteiger partial charge in [-0.15, -0.1) is 0 Å². The summed E-state index contributed by atoms with van der Waals surface area (Å²) < 4.78 is 1.54. The van der Waals surface area contributed by atoms with Gasteiger partial charge in [-0.25, -0.2) is 0 Å². The maximum absolute atomic E-state index is 2.39. The predicted molar refractivity (Wildman–Crippen MR) is 31.3 cm³/mol. The van der Waals surface area contributed by atoms with Gasteiger partial charge in [0.1, 0.15) is 0 Å². The third-order valence-electron chi connectivity index (χ3n) is 0.612. The van der Waals surface area contributed by atoms with Crippen LogP contribution in [0.2, 0.25) is 9.38 Å².